The van der Waals surface area contributed by atoms with Crippen molar-refractivity contribution >= 4 is 31.3 Å². The molecule has 3 aromatic carbocycles. The summed E-state index contributed by atoms with van der Waals surface area (Å²) in [5.41, 5.74) is 0.826. The molecule has 0 atom stereocenters. The number of sulfone groups is 1. The largest absolute Gasteiger partial charge is 0.492 e. The van der Waals surface area contributed by atoms with Gasteiger partial charge in [-0.05, 0) is 36.7 Å². The van der Waals surface area contributed by atoms with Crippen LogP contribution in [0.3, 0.4) is 0 Å². The van der Waals surface area contributed by atoms with Gasteiger partial charge in [-0.1, -0.05) is 36.4 Å². The lowest BCUT2D eigenvalue weighted by molar-refractivity contribution is 0.318. The Balaban J connectivity index is 2.05. The minimum atomic E-state index is -4.02. The number of hydrogen-bond donors (Lipinski definition) is 3. The van der Waals surface area contributed by atoms with Crippen LogP contribution in [-0.4, -0.2) is 40.7 Å². The summed E-state index contributed by atoms with van der Waals surface area (Å²) >= 11 is 0. The number of fused-ring (bicyclic) bond motifs is 1. The standard InChI is InChI=1S/C21H23N3O3S/c1-23-12-13-27-16-10-11-19(24-2)18(14-16)21(22)28(25,26)20-9-5-7-15-6-3-4-8-17(15)20/h3-11,14,22-24H,12-13H2,1-2H3. The average molecular weight is 398 g/mol. The Kier molecular flexibility index (Phi) is 5.96. The molecule has 0 aliphatic rings. The van der Waals surface area contributed by atoms with Crippen molar-refractivity contribution in [2.75, 3.05) is 32.6 Å². The predicted octanol–water partition coefficient (Wildman–Crippen LogP) is 3.28. The maximum Gasteiger partial charge on any atom is 0.224 e. The first kappa shape index (κ1) is 19.9. The van der Waals surface area contributed by atoms with Crippen molar-refractivity contribution in [3.63, 3.8) is 0 Å². The third-order valence-electron chi connectivity index (χ3n) is 4.43. The van der Waals surface area contributed by atoms with Crippen molar-refractivity contribution in [2.45, 2.75) is 4.90 Å². The van der Waals surface area contributed by atoms with E-state index < -0.39 is 14.9 Å². The number of ether oxygens (including phenoxy) is 1. The van der Waals surface area contributed by atoms with Crippen molar-refractivity contribution in [1.29, 1.82) is 5.41 Å². The van der Waals surface area contributed by atoms with Crippen LogP contribution in [0.25, 0.3) is 10.8 Å². The molecule has 3 rings (SSSR count). The molecule has 0 aliphatic heterocycles. The molecular formula is C21H23N3O3S. The average Bonchev–Trinajstić information content (AvgIpc) is 2.72. The minimum Gasteiger partial charge on any atom is -0.492 e. The van der Waals surface area contributed by atoms with E-state index in [1.54, 1.807) is 49.5 Å². The van der Waals surface area contributed by atoms with Crippen LogP contribution in [0.5, 0.6) is 5.75 Å². The van der Waals surface area contributed by atoms with Crippen LogP contribution in [0.2, 0.25) is 0 Å². The van der Waals surface area contributed by atoms with E-state index in [9.17, 15) is 8.42 Å². The van der Waals surface area contributed by atoms with Crippen LogP contribution >= 0.6 is 0 Å². The molecular weight excluding hydrogens is 374 g/mol. The Morgan fingerprint density at radius 2 is 1.79 bits per heavy atom. The summed E-state index contributed by atoms with van der Waals surface area (Å²) in [5.74, 6) is 0.516. The molecule has 0 fully saturated rings. The fourth-order valence-corrected chi connectivity index (χ4v) is 4.39. The van der Waals surface area contributed by atoms with Crippen LogP contribution in [0, 0.1) is 5.41 Å². The quantitative estimate of drug-likeness (QED) is 0.323. The van der Waals surface area contributed by atoms with Gasteiger partial charge in [-0.3, -0.25) is 5.41 Å². The third-order valence-corrected chi connectivity index (χ3v) is 6.13. The SMILES string of the molecule is CNCCOc1ccc(NC)c(C(=N)S(=O)(=O)c2cccc3ccccc23)c1. The summed E-state index contributed by atoms with van der Waals surface area (Å²) in [6, 6.07) is 17.4. The van der Waals surface area contributed by atoms with Crippen molar-refractivity contribution in [1.82, 2.24) is 5.32 Å². The van der Waals surface area contributed by atoms with Gasteiger partial charge in [0.05, 0.1) is 4.90 Å². The van der Waals surface area contributed by atoms with Gasteiger partial charge in [0, 0.05) is 30.2 Å². The summed E-state index contributed by atoms with van der Waals surface area (Å²) in [7, 11) is -0.500. The molecule has 3 N–H and O–H groups in total. The van der Waals surface area contributed by atoms with Gasteiger partial charge < -0.3 is 15.4 Å². The molecule has 0 amide bonds. The number of nitrogens with one attached hydrogen (secondary N) is 3. The van der Waals surface area contributed by atoms with Crippen LogP contribution < -0.4 is 15.4 Å². The zero-order valence-electron chi connectivity index (χ0n) is 15.8. The first-order valence-electron chi connectivity index (χ1n) is 8.90. The smallest absolute Gasteiger partial charge is 0.224 e. The number of rotatable bonds is 7. The molecule has 7 heteroatoms. The second kappa shape index (κ2) is 8.41. The highest BCUT2D eigenvalue weighted by atomic mass is 32.2. The molecule has 0 saturated carbocycles. The van der Waals surface area contributed by atoms with E-state index >= 15 is 0 Å². The van der Waals surface area contributed by atoms with Gasteiger partial charge in [-0.2, -0.15) is 0 Å². The summed E-state index contributed by atoms with van der Waals surface area (Å²) in [5, 5.41) is 15.4. The minimum absolute atomic E-state index is 0.124. The molecule has 6 nitrogen and oxygen atoms in total. The molecule has 0 aromatic heterocycles. The van der Waals surface area contributed by atoms with Gasteiger partial charge in [0.25, 0.3) is 0 Å². The normalized spacial score (nSPS) is 11.4. The fraction of sp³-hybridized carbons (Fsp3) is 0.190. The Morgan fingerprint density at radius 3 is 2.54 bits per heavy atom. The van der Waals surface area contributed by atoms with E-state index in [2.05, 4.69) is 10.6 Å². The molecule has 0 radical (unpaired) electrons. The summed E-state index contributed by atoms with van der Waals surface area (Å²) in [6.07, 6.45) is 0. The molecule has 146 valence electrons. The van der Waals surface area contributed by atoms with Crippen LogP contribution in [-0.2, 0) is 9.84 Å². The van der Waals surface area contributed by atoms with Gasteiger partial charge in [0.1, 0.15) is 12.4 Å². The highest BCUT2D eigenvalue weighted by molar-refractivity contribution is 8.07. The van der Waals surface area contributed by atoms with Crippen LogP contribution in [0.1, 0.15) is 5.56 Å². The molecule has 3 aromatic rings. The fourth-order valence-electron chi connectivity index (χ4n) is 2.97. The topological polar surface area (TPSA) is 91.3 Å². The first-order chi connectivity index (χ1) is 13.5. The maximum atomic E-state index is 13.3. The summed E-state index contributed by atoms with van der Waals surface area (Å²) in [4.78, 5) is 0.124. The number of hydrogen-bond acceptors (Lipinski definition) is 6. The Hall–Kier alpha value is -2.90. The number of likely N-dealkylation sites (N-methyl/N-ethyl adjacent to an activating group) is 1. The molecule has 0 bridgehead atoms. The highest BCUT2D eigenvalue weighted by Gasteiger charge is 2.26. The summed E-state index contributed by atoms with van der Waals surface area (Å²) in [6.45, 7) is 1.10. The second-order valence-corrected chi connectivity index (χ2v) is 8.07. The highest BCUT2D eigenvalue weighted by Crippen LogP contribution is 2.29. The monoisotopic (exact) mass is 397 g/mol. The zero-order valence-corrected chi connectivity index (χ0v) is 16.6. The lowest BCUT2D eigenvalue weighted by Crippen LogP contribution is -2.18. The van der Waals surface area contributed by atoms with E-state index in [1.807, 2.05) is 25.2 Å². The van der Waals surface area contributed by atoms with Gasteiger partial charge in [0.2, 0.25) is 9.84 Å². The molecule has 0 saturated heterocycles. The molecule has 28 heavy (non-hydrogen) atoms. The maximum absolute atomic E-state index is 13.3. The molecule has 0 heterocycles. The first-order valence-corrected chi connectivity index (χ1v) is 10.4. The van der Waals surface area contributed by atoms with Crippen molar-refractivity contribution in [3.8, 4) is 5.75 Å². The third kappa shape index (κ3) is 3.85. The van der Waals surface area contributed by atoms with Gasteiger partial charge in [-0.25, -0.2) is 8.42 Å². The van der Waals surface area contributed by atoms with Crippen LogP contribution in [0.4, 0.5) is 5.69 Å². The van der Waals surface area contributed by atoms with E-state index in [4.69, 9.17) is 10.1 Å². The Bertz CT molecular complexity index is 1110. The second-order valence-electron chi connectivity index (χ2n) is 6.22. The van der Waals surface area contributed by atoms with E-state index in [0.29, 0.717) is 30.0 Å². The Morgan fingerprint density at radius 1 is 1.04 bits per heavy atom. The molecule has 0 unspecified atom stereocenters. The van der Waals surface area contributed by atoms with Crippen molar-refractivity contribution in [3.05, 3.63) is 66.2 Å². The predicted molar refractivity (Wildman–Crippen MR) is 113 cm³/mol. The van der Waals surface area contributed by atoms with Crippen molar-refractivity contribution < 1.29 is 13.2 Å². The Labute approximate surface area is 165 Å². The van der Waals surface area contributed by atoms with Crippen molar-refractivity contribution in [2.24, 2.45) is 0 Å². The van der Waals surface area contributed by atoms with E-state index in [1.165, 1.54) is 0 Å². The van der Waals surface area contributed by atoms with E-state index in [-0.39, 0.29) is 10.5 Å². The molecule has 0 aliphatic carbocycles. The lowest BCUT2D eigenvalue weighted by atomic mass is 10.1. The molecule has 0 spiro atoms. The number of benzene rings is 3. The van der Waals surface area contributed by atoms with Gasteiger partial charge in [0.15, 0.2) is 5.04 Å². The van der Waals surface area contributed by atoms with E-state index in [0.717, 1.165) is 5.39 Å². The zero-order chi connectivity index (χ0) is 20.1. The lowest BCUT2D eigenvalue weighted by Gasteiger charge is -2.15. The van der Waals surface area contributed by atoms with Gasteiger partial charge in [-0.15, -0.1) is 0 Å². The van der Waals surface area contributed by atoms with Crippen LogP contribution in [0.15, 0.2) is 65.6 Å². The number of anilines is 1. The summed E-state index contributed by atoms with van der Waals surface area (Å²) < 4.78 is 32.2. The van der Waals surface area contributed by atoms with Gasteiger partial charge >= 0.3 is 0 Å².